The molecule has 0 N–H and O–H groups in total. The molecule has 0 unspecified atom stereocenters. The van der Waals surface area contributed by atoms with E-state index in [-0.39, 0.29) is 60.1 Å². The lowest BCUT2D eigenvalue weighted by molar-refractivity contribution is -0.142. The van der Waals surface area contributed by atoms with Gasteiger partial charge in [-0.3, -0.25) is 14.4 Å². The lowest BCUT2D eigenvalue weighted by Gasteiger charge is -2.25. The highest BCUT2D eigenvalue weighted by atomic mass is 35.5. The zero-order valence-electron chi connectivity index (χ0n) is 18.9. The molecule has 8 nitrogen and oxygen atoms in total. The molecular weight excluding hydrogens is 512 g/mol. The van der Waals surface area contributed by atoms with Gasteiger partial charge in [0, 0.05) is 22.6 Å². The molecule has 0 atom stereocenters. The van der Waals surface area contributed by atoms with Crippen LogP contribution in [0.4, 0.5) is 10.1 Å². The predicted octanol–water partition coefficient (Wildman–Crippen LogP) is 4.19. The number of hydrogen-bond acceptors (Lipinski definition) is 8. The molecule has 0 saturated carbocycles. The number of anilines is 1. The zero-order chi connectivity index (χ0) is 25.3. The van der Waals surface area contributed by atoms with Crippen LogP contribution < -0.4 is 4.90 Å². The molecule has 2 rings (SSSR count). The maximum Gasteiger partial charge on any atom is 0.334 e. The number of carbonyl (C=O) groups is 4. The molecule has 1 aliphatic carbocycles. The van der Waals surface area contributed by atoms with Gasteiger partial charge in [0.1, 0.15) is 18.2 Å². The van der Waals surface area contributed by atoms with Gasteiger partial charge in [0.25, 0.3) is 5.91 Å². The van der Waals surface area contributed by atoms with Crippen LogP contribution in [-0.4, -0.2) is 56.1 Å². The molecule has 0 saturated heterocycles. The SMILES string of the molecule is CCOCCOC(=O)C1=C(C(=O)N(C(=O)CCl)c2c(F)sc(CC(=O)OCC)c2Cl)CCCC1. The Hall–Kier alpha value is -2.01. The van der Waals surface area contributed by atoms with Crippen LogP contribution in [0.15, 0.2) is 11.1 Å². The number of nitrogens with zero attached hydrogens (tertiary/aromatic N) is 1. The largest absolute Gasteiger partial charge is 0.466 e. The smallest absolute Gasteiger partial charge is 0.334 e. The van der Waals surface area contributed by atoms with Crippen molar-refractivity contribution < 1.29 is 37.8 Å². The second-order valence-electron chi connectivity index (χ2n) is 7.11. The van der Waals surface area contributed by atoms with Gasteiger partial charge in [-0.2, -0.15) is 4.39 Å². The number of ether oxygens (including phenoxy) is 3. The minimum absolute atomic E-state index is 0.00414. The fraction of sp³-hybridized carbons (Fsp3) is 0.545. The molecule has 0 radical (unpaired) electrons. The summed E-state index contributed by atoms with van der Waals surface area (Å²) >= 11 is 12.5. The van der Waals surface area contributed by atoms with Gasteiger partial charge in [0.2, 0.25) is 11.0 Å². The first-order chi connectivity index (χ1) is 16.3. The topological polar surface area (TPSA) is 99.2 Å². The summed E-state index contributed by atoms with van der Waals surface area (Å²) in [5.41, 5.74) is -0.331. The molecule has 0 fully saturated rings. The second-order valence-corrected chi connectivity index (χ2v) is 8.81. The molecule has 34 heavy (non-hydrogen) atoms. The first-order valence-electron chi connectivity index (χ1n) is 10.8. The van der Waals surface area contributed by atoms with Crippen molar-refractivity contribution in [3.8, 4) is 0 Å². The van der Waals surface area contributed by atoms with Gasteiger partial charge in [-0.05, 0) is 39.5 Å². The number of rotatable bonds is 11. The predicted molar refractivity (Wildman–Crippen MR) is 126 cm³/mol. The molecule has 1 aromatic heterocycles. The Bertz CT molecular complexity index is 963. The Morgan fingerprint density at radius 2 is 1.71 bits per heavy atom. The fourth-order valence-electron chi connectivity index (χ4n) is 3.39. The van der Waals surface area contributed by atoms with Crippen molar-refractivity contribution in [1.29, 1.82) is 0 Å². The summed E-state index contributed by atoms with van der Waals surface area (Å²) in [7, 11) is 0. The Morgan fingerprint density at radius 3 is 2.32 bits per heavy atom. The van der Waals surface area contributed by atoms with Crippen molar-refractivity contribution in [3.63, 3.8) is 0 Å². The number of thiophene rings is 1. The van der Waals surface area contributed by atoms with E-state index in [9.17, 15) is 23.6 Å². The van der Waals surface area contributed by atoms with Crippen LogP contribution in [0.1, 0.15) is 44.4 Å². The van der Waals surface area contributed by atoms with Crippen molar-refractivity contribution >= 4 is 64.0 Å². The van der Waals surface area contributed by atoms with Gasteiger partial charge in [-0.25, -0.2) is 9.69 Å². The van der Waals surface area contributed by atoms with E-state index >= 15 is 0 Å². The standard InChI is InChI=1S/C22H26Cl2FNO7S/c1-3-31-9-10-33-22(30)14-8-6-5-7-13(14)21(29)26(16(27)12-23)19-18(24)15(34-20(19)25)11-17(28)32-4-2/h3-12H2,1-2H3. The lowest BCUT2D eigenvalue weighted by Crippen LogP contribution is -2.40. The maximum atomic E-state index is 14.9. The summed E-state index contributed by atoms with van der Waals surface area (Å²) < 4.78 is 30.2. The quantitative estimate of drug-likeness (QED) is 0.237. The molecule has 12 heteroatoms. The lowest BCUT2D eigenvalue weighted by atomic mass is 9.90. The van der Waals surface area contributed by atoms with Crippen molar-refractivity contribution in [1.82, 2.24) is 0 Å². The van der Waals surface area contributed by atoms with Crippen LogP contribution >= 0.6 is 34.5 Å². The van der Waals surface area contributed by atoms with Crippen LogP contribution in [0.3, 0.4) is 0 Å². The second kappa shape index (κ2) is 13.8. The molecule has 1 heterocycles. The number of amides is 2. The van der Waals surface area contributed by atoms with Crippen molar-refractivity contribution in [2.24, 2.45) is 0 Å². The molecule has 0 spiro atoms. The van der Waals surface area contributed by atoms with E-state index in [2.05, 4.69) is 0 Å². The van der Waals surface area contributed by atoms with Gasteiger partial charge in [0.15, 0.2) is 0 Å². The first kappa shape index (κ1) is 28.2. The number of esters is 2. The molecule has 0 aromatic carbocycles. The van der Waals surface area contributed by atoms with E-state index in [0.717, 1.165) is 0 Å². The third kappa shape index (κ3) is 7.00. The first-order valence-corrected chi connectivity index (χ1v) is 12.5. The maximum absolute atomic E-state index is 14.9. The number of imide groups is 1. The molecule has 0 bridgehead atoms. The average Bonchev–Trinajstić information content (AvgIpc) is 3.09. The average molecular weight is 538 g/mol. The van der Waals surface area contributed by atoms with E-state index in [1.165, 1.54) is 0 Å². The van der Waals surface area contributed by atoms with Crippen LogP contribution in [0, 0.1) is 5.13 Å². The summed E-state index contributed by atoms with van der Waals surface area (Å²) in [6, 6.07) is 0. The van der Waals surface area contributed by atoms with Gasteiger partial charge >= 0.3 is 11.9 Å². The van der Waals surface area contributed by atoms with Crippen LogP contribution in [-0.2, 0) is 39.8 Å². The summed E-state index contributed by atoms with van der Waals surface area (Å²) in [6.07, 6.45) is 1.37. The Balaban J connectivity index is 2.43. The number of carbonyl (C=O) groups excluding carboxylic acids is 4. The summed E-state index contributed by atoms with van der Waals surface area (Å²) in [6.45, 7) is 4.22. The zero-order valence-corrected chi connectivity index (χ0v) is 21.2. The fourth-order valence-corrected chi connectivity index (χ4v) is 4.80. The summed E-state index contributed by atoms with van der Waals surface area (Å²) in [4.78, 5) is 51.2. The van der Waals surface area contributed by atoms with Crippen LogP contribution in [0.25, 0.3) is 0 Å². The Kier molecular flexibility index (Phi) is 11.4. The molecule has 1 aromatic rings. The molecule has 188 valence electrons. The molecule has 0 aliphatic heterocycles. The van der Waals surface area contributed by atoms with Crippen LogP contribution in [0.2, 0.25) is 5.02 Å². The van der Waals surface area contributed by atoms with Crippen LogP contribution in [0.5, 0.6) is 0 Å². The normalized spacial score (nSPS) is 13.6. The van der Waals surface area contributed by atoms with E-state index in [1.54, 1.807) is 13.8 Å². The highest BCUT2D eigenvalue weighted by molar-refractivity contribution is 7.11. The van der Waals surface area contributed by atoms with E-state index in [4.69, 9.17) is 37.4 Å². The Labute approximate surface area is 210 Å². The van der Waals surface area contributed by atoms with Crippen molar-refractivity contribution in [3.05, 3.63) is 26.2 Å². The van der Waals surface area contributed by atoms with Crippen molar-refractivity contribution in [2.45, 2.75) is 46.0 Å². The number of hydrogen-bond donors (Lipinski definition) is 0. The molecular formula is C22H26Cl2FNO7S. The van der Waals surface area contributed by atoms with E-state index < -0.39 is 40.5 Å². The third-order valence-electron chi connectivity index (χ3n) is 4.89. The monoisotopic (exact) mass is 537 g/mol. The van der Waals surface area contributed by atoms with Gasteiger partial charge < -0.3 is 14.2 Å². The number of halogens is 3. The number of alkyl halides is 1. The molecule has 2 amide bonds. The van der Waals surface area contributed by atoms with Crippen molar-refractivity contribution in [2.75, 3.05) is 37.2 Å². The highest BCUT2D eigenvalue weighted by Gasteiger charge is 2.36. The van der Waals surface area contributed by atoms with Gasteiger partial charge in [0.05, 0.1) is 24.7 Å². The van der Waals surface area contributed by atoms with E-state index in [1.807, 2.05) is 0 Å². The third-order valence-corrected chi connectivity index (χ3v) is 6.60. The minimum atomic E-state index is -0.937. The molecule has 1 aliphatic rings. The summed E-state index contributed by atoms with van der Waals surface area (Å²) in [5, 5.41) is -1.20. The van der Waals surface area contributed by atoms with Gasteiger partial charge in [-0.1, -0.05) is 11.6 Å². The minimum Gasteiger partial charge on any atom is -0.466 e. The van der Waals surface area contributed by atoms with Gasteiger partial charge in [-0.15, -0.1) is 22.9 Å². The highest BCUT2D eigenvalue weighted by Crippen LogP contribution is 2.41. The Morgan fingerprint density at radius 1 is 1.03 bits per heavy atom. The van der Waals surface area contributed by atoms with E-state index in [0.29, 0.717) is 35.7 Å². The summed E-state index contributed by atoms with van der Waals surface area (Å²) in [5.74, 6) is -3.78.